The summed E-state index contributed by atoms with van der Waals surface area (Å²) in [5.74, 6) is 0. The molecule has 1 aromatic carbocycles. The van der Waals surface area contributed by atoms with E-state index in [0.717, 1.165) is 5.56 Å². The van der Waals surface area contributed by atoms with Crippen LogP contribution in [0.25, 0.3) is 0 Å². The fourth-order valence-corrected chi connectivity index (χ4v) is 2.70. The minimum Gasteiger partial charge on any atom is -0.395 e. The van der Waals surface area contributed by atoms with Gasteiger partial charge >= 0.3 is 0 Å². The fraction of sp³-hybridized carbons (Fsp3) is 0.417. The van der Waals surface area contributed by atoms with E-state index in [1.165, 1.54) is 19.2 Å². The Morgan fingerprint density at radius 3 is 2.53 bits per heavy atom. The van der Waals surface area contributed by atoms with Gasteiger partial charge in [0, 0.05) is 7.11 Å². The number of benzene rings is 1. The molecule has 0 saturated heterocycles. The maximum atomic E-state index is 12.0. The molecule has 19 heavy (non-hydrogen) atoms. The van der Waals surface area contributed by atoms with Crippen molar-refractivity contribution in [1.29, 1.82) is 5.26 Å². The third kappa shape index (κ3) is 4.61. The van der Waals surface area contributed by atoms with Crippen molar-refractivity contribution in [3.63, 3.8) is 0 Å². The first kappa shape index (κ1) is 15.6. The molecule has 0 heterocycles. The summed E-state index contributed by atoms with van der Waals surface area (Å²) in [5.41, 5.74) is 0.747. The van der Waals surface area contributed by atoms with Gasteiger partial charge in [0.05, 0.1) is 36.6 Å². The van der Waals surface area contributed by atoms with Crippen LogP contribution in [0.5, 0.6) is 0 Å². The van der Waals surface area contributed by atoms with Crippen molar-refractivity contribution in [2.45, 2.75) is 17.4 Å². The highest BCUT2D eigenvalue weighted by Crippen LogP contribution is 2.11. The Morgan fingerprint density at radius 2 is 2.05 bits per heavy atom. The highest BCUT2D eigenvalue weighted by Gasteiger charge is 2.19. The smallest absolute Gasteiger partial charge is 0.240 e. The summed E-state index contributed by atoms with van der Waals surface area (Å²) in [6, 6.07) is 7.32. The topological polar surface area (TPSA) is 99.4 Å². The van der Waals surface area contributed by atoms with Crippen LogP contribution in [0.15, 0.2) is 29.2 Å². The van der Waals surface area contributed by atoms with Crippen LogP contribution in [0.3, 0.4) is 0 Å². The van der Waals surface area contributed by atoms with E-state index in [-0.39, 0.29) is 24.5 Å². The summed E-state index contributed by atoms with van der Waals surface area (Å²) in [7, 11) is -2.27. The van der Waals surface area contributed by atoms with E-state index >= 15 is 0 Å². The lowest BCUT2D eigenvalue weighted by molar-refractivity contribution is 0.139. The number of aliphatic hydroxyl groups is 1. The lowest BCUT2D eigenvalue weighted by atomic mass is 10.2. The zero-order valence-electron chi connectivity index (χ0n) is 10.5. The predicted molar refractivity (Wildman–Crippen MR) is 68.8 cm³/mol. The van der Waals surface area contributed by atoms with Crippen LogP contribution in [0.4, 0.5) is 0 Å². The Morgan fingerprint density at radius 1 is 1.42 bits per heavy atom. The molecule has 104 valence electrons. The number of nitrogens with zero attached hydrogens (tertiary/aromatic N) is 1. The van der Waals surface area contributed by atoms with Crippen LogP contribution in [0, 0.1) is 11.3 Å². The molecule has 1 rings (SSSR count). The third-order valence-corrected chi connectivity index (χ3v) is 3.96. The Kier molecular flexibility index (Phi) is 5.92. The minimum atomic E-state index is -3.70. The molecule has 6 nitrogen and oxygen atoms in total. The number of hydrogen-bond acceptors (Lipinski definition) is 5. The highest BCUT2D eigenvalue weighted by molar-refractivity contribution is 7.89. The lowest BCUT2D eigenvalue weighted by Crippen LogP contribution is -2.40. The van der Waals surface area contributed by atoms with Crippen molar-refractivity contribution < 1.29 is 18.3 Å². The maximum absolute atomic E-state index is 12.0. The Labute approximate surface area is 112 Å². The van der Waals surface area contributed by atoms with Crippen molar-refractivity contribution in [2.24, 2.45) is 0 Å². The summed E-state index contributed by atoms with van der Waals surface area (Å²) >= 11 is 0. The summed E-state index contributed by atoms with van der Waals surface area (Å²) in [6.45, 7) is -0.262. The first-order chi connectivity index (χ1) is 9.03. The zero-order chi connectivity index (χ0) is 14.3. The van der Waals surface area contributed by atoms with E-state index < -0.39 is 16.1 Å². The first-order valence-electron chi connectivity index (χ1n) is 5.61. The van der Waals surface area contributed by atoms with Gasteiger partial charge < -0.3 is 9.84 Å². The monoisotopic (exact) mass is 284 g/mol. The number of aliphatic hydroxyl groups excluding tert-OH is 1. The maximum Gasteiger partial charge on any atom is 0.240 e. The molecule has 0 aliphatic heterocycles. The van der Waals surface area contributed by atoms with Gasteiger partial charge in [-0.1, -0.05) is 12.1 Å². The Balaban J connectivity index is 2.85. The normalized spacial score (nSPS) is 12.9. The van der Waals surface area contributed by atoms with Crippen LogP contribution in [-0.2, 0) is 21.2 Å². The molecule has 2 N–H and O–H groups in total. The van der Waals surface area contributed by atoms with Crippen molar-refractivity contribution in [3.8, 4) is 6.07 Å². The molecular weight excluding hydrogens is 268 g/mol. The van der Waals surface area contributed by atoms with Gasteiger partial charge in [0.25, 0.3) is 0 Å². The number of hydrogen-bond donors (Lipinski definition) is 2. The van der Waals surface area contributed by atoms with E-state index in [1.54, 1.807) is 12.1 Å². The number of sulfonamides is 1. The molecule has 0 bridgehead atoms. The van der Waals surface area contributed by atoms with Crippen LogP contribution >= 0.6 is 0 Å². The molecule has 0 aliphatic rings. The largest absolute Gasteiger partial charge is 0.395 e. The predicted octanol–water partition coefficient (Wildman–Crippen LogP) is 0.0383. The quantitative estimate of drug-likeness (QED) is 0.736. The average molecular weight is 284 g/mol. The van der Waals surface area contributed by atoms with Gasteiger partial charge in [-0.15, -0.1) is 0 Å². The van der Waals surface area contributed by atoms with Gasteiger partial charge in [0.2, 0.25) is 10.0 Å². The molecule has 1 atom stereocenters. The lowest BCUT2D eigenvalue weighted by Gasteiger charge is -2.15. The summed E-state index contributed by atoms with van der Waals surface area (Å²) in [6.07, 6.45) is 0.233. The molecule has 0 fully saturated rings. The number of methoxy groups -OCH3 is 1. The highest BCUT2D eigenvalue weighted by atomic mass is 32.2. The number of ether oxygens (including phenoxy) is 1. The van der Waals surface area contributed by atoms with Crippen molar-refractivity contribution in [1.82, 2.24) is 4.72 Å². The summed E-state index contributed by atoms with van der Waals surface area (Å²) < 4.78 is 31.2. The number of nitrogens with one attached hydrogen (secondary N) is 1. The van der Waals surface area contributed by atoms with Crippen LogP contribution in [0.1, 0.15) is 5.56 Å². The van der Waals surface area contributed by atoms with Crippen LogP contribution < -0.4 is 4.72 Å². The SMILES string of the molecule is COCC(CO)NS(=O)(=O)c1ccc(CC#N)cc1. The average Bonchev–Trinajstić information content (AvgIpc) is 2.39. The van der Waals surface area contributed by atoms with Gasteiger partial charge in [-0.05, 0) is 17.7 Å². The molecule has 7 heteroatoms. The van der Waals surface area contributed by atoms with E-state index in [4.69, 9.17) is 15.1 Å². The van der Waals surface area contributed by atoms with Gasteiger partial charge in [0.15, 0.2) is 0 Å². The fourth-order valence-electron chi connectivity index (χ4n) is 1.49. The van der Waals surface area contributed by atoms with Crippen LogP contribution in [-0.4, -0.2) is 39.9 Å². The minimum absolute atomic E-state index is 0.0856. The molecule has 1 unspecified atom stereocenters. The van der Waals surface area contributed by atoms with E-state index in [1.807, 2.05) is 6.07 Å². The second kappa shape index (κ2) is 7.21. The number of rotatable bonds is 7. The van der Waals surface area contributed by atoms with Crippen LogP contribution in [0.2, 0.25) is 0 Å². The van der Waals surface area contributed by atoms with Crippen molar-refractivity contribution in [3.05, 3.63) is 29.8 Å². The van der Waals surface area contributed by atoms with Gasteiger partial charge in [-0.25, -0.2) is 13.1 Å². The van der Waals surface area contributed by atoms with E-state index in [2.05, 4.69) is 4.72 Å². The van der Waals surface area contributed by atoms with Crippen molar-refractivity contribution in [2.75, 3.05) is 20.3 Å². The Bertz CT molecular complexity index is 534. The molecule has 0 radical (unpaired) electrons. The van der Waals surface area contributed by atoms with Gasteiger partial charge in [0.1, 0.15) is 0 Å². The molecular formula is C12H16N2O4S. The second-order valence-electron chi connectivity index (χ2n) is 3.93. The first-order valence-corrected chi connectivity index (χ1v) is 7.10. The Hall–Kier alpha value is -1.46. The van der Waals surface area contributed by atoms with E-state index in [9.17, 15) is 8.42 Å². The molecule has 1 aromatic rings. The molecule has 0 aliphatic carbocycles. The molecule has 0 aromatic heterocycles. The summed E-state index contributed by atoms with van der Waals surface area (Å²) in [5, 5.41) is 17.6. The van der Waals surface area contributed by atoms with Gasteiger partial charge in [-0.2, -0.15) is 5.26 Å². The second-order valence-corrected chi connectivity index (χ2v) is 5.65. The third-order valence-electron chi connectivity index (χ3n) is 2.43. The van der Waals surface area contributed by atoms with E-state index in [0.29, 0.717) is 0 Å². The van der Waals surface area contributed by atoms with Crippen molar-refractivity contribution >= 4 is 10.0 Å². The molecule has 0 saturated carbocycles. The standard InChI is InChI=1S/C12H16N2O4S/c1-18-9-11(8-15)14-19(16,17)12-4-2-10(3-5-12)6-7-13/h2-5,11,14-15H,6,8-9H2,1H3. The number of nitriles is 1. The zero-order valence-corrected chi connectivity index (χ0v) is 11.4. The molecule has 0 spiro atoms. The molecule has 0 amide bonds. The van der Waals surface area contributed by atoms with Gasteiger partial charge in [-0.3, -0.25) is 0 Å². The summed E-state index contributed by atoms with van der Waals surface area (Å²) in [4.78, 5) is 0.0868.